The molecule has 86 valence electrons. The summed E-state index contributed by atoms with van der Waals surface area (Å²) in [5.74, 6) is 1.16. The summed E-state index contributed by atoms with van der Waals surface area (Å²) in [4.78, 5) is 4.35. The van der Waals surface area contributed by atoms with Gasteiger partial charge >= 0.3 is 0 Å². The summed E-state index contributed by atoms with van der Waals surface area (Å²) in [7, 11) is 1.68. The SMILES string of the molecule is COCCN=C(N)C1Cc2ccccc2C1. The standard InChI is InChI=1S/C13H18N2O/c1-16-7-6-15-13(14)12-8-10-4-2-3-5-11(10)9-12/h2-5,12H,6-9H2,1H3,(H2,14,15). The lowest BCUT2D eigenvalue weighted by atomic mass is 10.1. The third-order valence-corrected chi connectivity index (χ3v) is 3.06. The predicted molar refractivity (Wildman–Crippen MR) is 65.7 cm³/mol. The average molecular weight is 218 g/mol. The Bertz CT molecular complexity index is 362. The van der Waals surface area contributed by atoms with Crippen LogP contribution < -0.4 is 5.73 Å². The molecule has 0 saturated carbocycles. The van der Waals surface area contributed by atoms with Crippen molar-refractivity contribution in [3.63, 3.8) is 0 Å². The maximum Gasteiger partial charge on any atom is 0.0976 e. The van der Waals surface area contributed by atoms with Gasteiger partial charge in [0.1, 0.15) is 0 Å². The van der Waals surface area contributed by atoms with Crippen LogP contribution in [-0.2, 0) is 17.6 Å². The van der Waals surface area contributed by atoms with Gasteiger partial charge in [-0.05, 0) is 24.0 Å². The largest absolute Gasteiger partial charge is 0.387 e. The zero-order valence-corrected chi connectivity index (χ0v) is 9.65. The van der Waals surface area contributed by atoms with Crippen LogP contribution in [-0.4, -0.2) is 26.1 Å². The predicted octanol–water partition coefficient (Wildman–Crippen LogP) is 1.41. The highest BCUT2D eigenvalue weighted by molar-refractivity contribution is 5.84. The molecule has 0 heterocycles. The summed E-state index contributed by atoms with van der Waals surface area (Å²) in [6.45, 7) is 1.30. The summed E-state index contributed by atoms with van der Waals surface area (Å²) in [5, 5.41) is 0. The van der Waals surface area contributed by atoms with Gasteiger partial charge in [0, 0.05) is 13.0 Å². The molecular formula is C13H18N2O. The van der Waals surface area contributed by atoms with Gasteiger partial charge in [0.15, 0.2) is 0 Å². The van der Waals surface area contributed by atoms with Crippen LogP contribution in [0.25, 0.3) is 0 Å². The fourth-order valence-electron chi connectivity index (χ4n) is 2.16. The van der Waals surface area contributed by atoms with E-state index in [1.165, 1.54) is 11.1 Å². The van der Waals surface area contributed by atoms with E-state index in [-0.39, 0.29) is 0 Å². The lowest BCUT2D eigenvalue weighted by molar-refractivity contribution is 0.208. The second-order valence-electron chi connectivity index (χ2n) is 4.17. The van der Waals surface area contributed by atoms with Crippen molar-refractivity contribution >= 4 is 5.84 Å². The Morgan fingerprint density at radius 1 is 1.38 bits per heavy atom. The van der Waals surface area contributed by atoms with E-state index in [1.807, 2.05) is 0 Å². The van der Waals surface area contributed by atoms with Gasteiger partial charge in [-0.25, -0.2) is 0 Å². The molecule has 0 bridgehead atoms. The normalized spacial score (nSPS) is 16.4. The molecule has 1 aromatic rings. The van der Waals surface area contributed by atoms with Crippen LogP contribution in [0.3, 0.4) is 0 Å². The minimum Gasteiger partial charge on any atom is -0.387 e. The van der Waals surface area contributed by atoms with Crippen molar-refractivity contribution in [2.45, 2.75) is 12.8 Å². The Balaban J connectivity index is 1.98. The summed E-state index contributed by atoms with van der Waals surface area (Å²) in [6.07, 6.45) is 2.05. The van der Waals surface area contributed by atoms with Crippen LogP contribution in [0.1, 0.15) is 11.1 Å². The van der Waals surface area contributed by atoms with E-state index in [0.29, 0.717) is 19.1 Å². The highest BCUT2D eigenvalue weighted by atomic mass is 16.5. The first-order valence-electron chi connectivity index (χ1n) is 5.67. The number of hydrogen-bond donors (Lipinski definition) is 1. The van der Waals surface area contributed by atoms with Gasteiger partial charge in [0.2, 0.25) is 0 Å². The van der Waals surface area contributed by atoms with Crippen molar-refractivity contribution in [3.05, 3.63) is 35.4 Å². The Kier molecular flexibility index (Phi) is 3.57. The van der Waals surface area contributed by atoms with Crippen LogP contribution in [0.4, 0.5) is 0 Å². The molecule has 0 amide bonds. The van der Waals surface area contributed by atoms with Gasteiger partial charge in [-0.15, -0.1) is 0 Å². The summed E-state index contributed by atoms with van der Waals surface area (Å²) in [6, 6.07) is 8.52. The second kappa shape index (κ2) is 5.12. The number of amidine groups is 1. The number of nitrogens with zero attached hydrogens (tertiary/aromatic N) is 1. The van der Waals surface area contributed by atoms with E-state index < -0.39 is 0 Å². The number of ether oxygens (including phenoxy) is 1. The first kappa shape index (κ1) is 11.1. The third-order valence-electron chi connectivity index (χ3n) is 3.06. The number of rotatable bonds is 4. The Morgan fingerprint density at radius 2 is 2.00 bits per heavy atom. The molecule has 1 aliphatic carbocycles. The monoisotopic (exact) mass is 218 g/mol. The molecule has 0 atom stereocenters. The first-order chi connectivity index (χ1) is 7.81. The third kappa shape index (κ3) is 2.42. The highest BCUT2D eigenvalue weighted by Gasteiger charge is 2.23. The van der Waals surface area contributed by atoms with Crippen molar-refractivity contribution in [2.75, 3.05) is 20.3 Å². The molecule has 16 heavy (non-hydrogen) atoms. The van der Waals surface area contributed by atoms with Gasteiger partial charge in [-0.2, -0.15) is 0 Å². The quantitative estimate of drug-likeness (QED) is 0.472. The molecule has 1 aromatic carbocycles. The summed E-state index contributed by atoms with van der Waals surface area (Å²) < 4.78 is 4.95. The number of fused-ring (bicyclic) bond motifs is 1. The molecule has 0 fully saturated rings. The van der Waals surface area contributed by atoms with Crippen molar-refractivity contribution in [2.24, 2.45) is 16.6 Å². The summed E-state index contributed by atoms with van der Waals surface area (Å²) >= 11 is 0. The van der Waals surface area contributed by atoms with Crippen LogP contribution in [0.5, 0.6) is 0 Å². The van der Waals surface area contributed by atoms with Crippen molar-refractivity contribution < 1.29 is 4.74 Å². The van der Waals surface area contributed by atoms with E-state index in [1.54, 1.807) is 7.11 Å². The van der Waals surface area contributed by atoms with Gasteiger partial charge in [0.25, 0.3) is 0 Å². The van der Waals surface area contributed by atoms with E-state index >= 15 is 0 Å². The molecule has 2 rings (SSSR count). The molecule has 0 radical (unpaired) electrons. The number of methoxy groups -OCH3 is 1. The van der Waals surface area contributed by atoms with E-state index in [2.05, 4.69) is 29.3 Å². The number of aliphatic imine (C=N–C) groups is 1. The van der Waals surface area contributed by atoms with Gasteiger partial charge < -0.3 is 10.5 Å². The highest BCUT2D eigenvalue weighted by Crippen LogP contribution is 2.26. The zero-order valence-electron chi connectivity index (χ0n) is 9.65. The summed E-state index contributed by atoms with van der Waals surface area (Å²) in [5.41, 5.74) is 8.82. The first-order valence-corrected chi connectivity index (χ1v) is 5.67. The van der Waals surface area contributed by atoms with Crippen molar-refractivity contribution in [1.29, 1.82) is 0 Å². The lowest BCUT2D eigenvalue weighted by Gasteiger charge is -2.08. The van der Waals surface area contributed by atoms with Crippen LogP contribution in [0.15, 0.2) is 29.3 Å². The molecule has 1 aliphatic rings. The second-order valence-corrected chi connectivity index (χ2v) is 4.17. The maximum atomic E-state index is 5.99. The van der Waals surface area contributed by atoms with Gasteiger partial charge in [-0.1, -0.05) is 24.3 Å². The average Bonchev–Trinajstić information content (AvgIpc) is 2.73. The van der Waals surface area contributed by atoms with Gasteiger partial charge in [-0.3, -0.25) is 4.99 Å². The molecule has 0 aliphatic heterocycles. The van der Waals surface area contributed by atoms with Crippen LogP contribution in [0.2, 0.25) is 0 Å². The molecule has 0 saturated heterocycles. The topological polar surface area (TPSA) is 47.6 Å². The van der Waals surface area contributed by atoms with E-state index in [9.17, 15) is 0 Å². The zero-order chi connectivity index (χ0) is 11.4. The lowest BCUT2D eigenvalue weighted by Crippen LogP contribution is -2.25. The Labute approximate surface area is 96.3 Å². The molecular weight excluding hydrogens is 200 g/mol. The van der Waals surface area contributed by atoms with Crippen molar-refractivity contribution in [1.82, 2.24) is 0 Å². The fraction of sp³-hybridized carbons (Fsp3) is 0.462. The Morgan fingerprint density at radius 3 is 2.56 bits per heavy atom. The minimum absolute atomic E-state index is 0.384. The molecule has 3 nitrogen and oxygen atoms in total. The number of benzene rings is 1. The smallest absolute Gasteiger partial charge is 0.0976 e. The van der Waals surface area contributed by atoms with E-state index in [0.717, 1.165) is 18.7 Å². The number of hydrogen-bond acceptors (Lipinski definition) is 2. The maximum absolute atomic E-state index is 5.99. The molecule has 0 aromatic heterocycles. The van der Waals surface area contributed by atoms with Gasteiger partial charge in [0.05, 0.1) is 19.0 Å². The van der Waals surface area contributed by atoms with E-state index in [4.69, 9.17) is 10.5 Å². The fourth-order valence-corrected chi connectivity index (χ4v) is 2.16. The molecule has 0 unspecified atom stereocenters. The molecule has 0 spiro atoms. The Hall–Kier alpha value is -1.35. The number of nitrogens with two attached hydrogens (primary N) is 1. The van der Waals surface area contributed by atoms with Crippen molar-refractivity contribution in [3.8, 4) is 0 Å². The van der Waals surface area contributed by atoms with Crippen LogP contribution in [0, 0.1) is 5.92 Å². The minimum atomic E-state index is 0.384. The molecule has 2 N–H and O–H groups in total. The van der Waals surface area contributed by atoms with Crippen LogP contribution >= 0.6 is 0 Å². The molecule has 3 heteroatoms.